The number of rotatable bonds is 4. The second-order valence-electron chi connectivity index (χ2n) is 5.33. The highest BCUT2D eigenvalue weighted by molar-refractivity contribution is 6.06. The van der Waals surface area contributed by atoms with E-state index in [1.807, 2.05) is 30.3 Å². The minimum absolute atomic E-state index is 0.241. The van der Waals surface area contributed by atoms with E-state index in [0.717, 1.165) is 24.8 Å². The van der Waals surface area contributed by atoms with Crippen molar-refractivity contribution in [3.8, 4) is 0 Å². The summed E-state index contributed by atoms with van der Waals surface area (Å²) in [5.74, 6) is 0.279. The third kappa shape index (κ3) is 2.10. The number of hydrogen-bond acceptors (Lipinski definition) is 1. The molecule has 1 saturated carbocycles. The molecule has 1 fully saturated rings. The van der Waals surface area contributed by atoms with Gasteiger partial charge in [-0.1, -0.05) is 61.5 Å². The van der Waals surface area contributed by atoms with Crippen LogP contribution >= 0.6 is 0 Å². The van der Waals surface area contributed by atoms with Crippen molar-refractivity contribution in [2.24, 2.45) is 0 Å². The average molecular weight is 250 g/mol. The highest BCUT2D eigenvalue weighted by Crippen LogP contribution is 2.50. The van der Waals surface area contributed by atoms with Gasteiger partial charge < -0.3 is 0 Å². The summed E-state index contributed by atoms with van der Waals surface area (Å²) in [4.78, 5) is 12.7. The fourth-order valence-corrected chi connectivity index (χ4v) is 2.70. The first-order valence-electron chi connectivity index (χ1n) is 6.95. The molecule has 0 radical (unpaired) electrons. The minimum Gasteiger partial charge on any atom is -0.293 e. The van der Waals surface area contributed by atoms with Crippen molar-refractivity contribution in [3.63, 3.8) is 0 Å². The quantitative estimate of drug-likeness (QED) is 0.744. The second kappa shape index (κ2) is 4.65. The van der Waals surface area contributed by atoms with Gasteiger partial charge >= 0.3 is 0 Å². The summed E-state index contributed by atoms with van der Waals surface area (Å²) in [7, 11) is 0. The lowest BCUT2D eigenvalue weighted by Gasteiger charge is -2.14. The Balaban J connectivity index is 1.91. The van der Waals surface area contributed by atoms with E-state index in [1.165, 1.54) is 11.1 Å². The summed E-state index contributed by atoms with van der Waals surface area (Å²) in [5, 5.41) is 0. The lowest BCUT2D eigenvalue weighted by molar-refractivity contribution is 0.0946. The Bertz CT molecular complexity index is 577. The van der Waals surface area contributed by atoms with Crippen LogP contribution in [-0.2, 0) is 11.8 Å². The third-order valence-corrected chi connectivity index (χ3v) is 4.14. The largest absolute Gasteiger partial charge is 0.293 e. The van der Waals surface area contributed by atoms with Crippen LogP contribution in [-0.4, -0.2) is 5.78 Å². The summed E-state index contributed by atoms with van der Waals surface area (Å²) in [6.07, 6.45) is 2.97. The van der Waals surface area contributed by atoms with Crippen LogP contribution in [0.15, 0.2) is 54.6 Å². The standard InChI is InChI=1S/C18H18O/c1-2-14-8-10-15(11-9-14)17(19)18(12-13-18)16-6-4-3-5-7-16/h3-11H,2,12-13H2,1H3. The maximum Gasteiger partial charge on any atom is 0.173 e. The molecule has 3 rings (SSSR count). The Morgan fingerprint density at radius 2 is 1.63 bits per heavy atom. The molecule has 19 heavy (non-hydrogen) atoms. The molecule has 0 aliphatic heterocycles. The minimum atomic E-state index is -0.241. The molecule has 1 aliphatic carbocycles. The van der Waals surface area contributed by atoms with Crippen LogP contribution in [0, 0.1) is 0 Å². The number of aryl methyl sites for hydroxylation is 1. The summed E-state index contributed by atoms with van der Waals surface area (Å²) in [6, 6.07) is 18.3. The summed E-state index contributed by atoms with van der Waals surface area (Å²) in [6.45, 7) is 2.13. The molecule has 2 aromatic carbocycles. The van der Waals surface area contributed by atoms with Crippen LogP contribution in [0.4, 0.5) is 0 Å². The number of ketones is 1. The summed E-state index contributed by atoms with van der Waals surface area (Å²) in [5.41, 5.74) is 3.05. The molecule has 0 bridgehead atoms. The van der Waals surface area contributed by atoms with E-state index >= 15 is 0 Å². The van der Waals surface area contributed by atoms with Gasteiger partial charge in [0.25, 0.3) is 0 Å². The fourth-order valence-electron chi connectivity index (χ4n) is 2.70. The molecule has 96 valence electrons. The molecule has 0 atom stereocenters. The van der Waals surface area contributed by atoms with Crippen molar-refractivity contribution in [3.05, 3.63) is 71.3 Å². The maximum atomic E-state index is 12.7. The molecule has 0 amide bonds. The molecule has 0 N–H and O–H groups in total. The Labute approximate surface area is 114 Å². The molecular weight excluding hydrogens is 232 g/mol. The second-order valence-corrected chi connectivity index (χ2v) is 5.33. The topological polar surface area (TPSA) is 17.1 Å². The summed E-state index contributed by atoms with van der Waals surface area (Å²) < 4.78 is 0. The molecule has 0 spiro atoms. The number of carbonyl (C=O) groups is 1. The van der Waals surface area contributed by atoms with Crippen LogP contribution in [0.25, 0.3) is 0 Å². The van der Waals surface area contributed by atoms with Gasteiger partial charge in [0.1, 0.15) is 0 Å². The van der Waals surface area contributed by atoms with Crippen LogP contribution in [0.5, 0.6) is 0 Å². The third-order valence-electron chi connectivity index (χ3n) is 4.14. The van der Waals surface area contributed by atoms with Gasteiger partial charge in [-0.15, -0.1) is 0 Å². The van der Waals surface area contributed by atoms with Crippen molar-refractivity contribution in [1.82, 2.24) is 0 Å². The van der Waals surface area contributed by atoms with Gasteiger partial charge in [-0.3, -0.25) is 4.79 Å². The average Bonchev–Trinajstić information content (AvgIpc) is 3.29. The van der Waals surface area contributed by atoms with E-state index in [4.69, 9.17) is 0 Å². The van der Waals surface area contributed by atoms with Gasteiger partial charge in [0.2, 0.25) is 0 Å². The molecule has 0 saturated heterocycles. The van der Waals surface area contributed by atoms with E-state index in [-0.39, 0.29) is 11.2 Å². The molecule has 1 aliphatic rings. The van der Waals surface area contributed by atoms with Gasteiger partial charge in [-0.05, 0) is 30.4 Å². The first kappa shape index (κ1) is 12.2. The highest BCUT2D eigenvalue weighted by atomic mass is 16.1. The molecule has 0 aromatic heterocycles. The highest BCUT2D eigenvalue weighted by Gasteiger charge is 2.50. The Kier molecular flexibility index (Phi) is 2.98. The van der Waals surface area contributed by atoms with Crippen LogP contribution in [0.1, 0.15) is 41.3 Å². The number of carbonyl (C=O) groups excluding carboxylic acids is 1. The van der Waals surface area contributed by atoms with Crippen molar-refractivity contribution in [2.45, 2.75) is 31.6 Å². The van der Waals surface area contributed by atoms with Crippen molar-refractivity contribution in [1.29, 1.82) is 0 Å². The van der Waals surface area contributed by atoms with Gasteiger partial charge in [-0.2, -0.15) is 0 Å². The normalized spacial score (nSPS) is 16.1. The Morgan fingerprint density at radius 3 is 2.16 bits per heavy atom. The Morgan fingerprint density at radius 1 is 1.00 bits per heavy atom. The van der Waals surface area contributed by atoms with Crippen molar-refractivity contribution >= 4 is 5.78 Å². The fraction of sp³-hybridized carbons (Fsp3) is 0.278. The lowest BCUT2D eigenvalue weighted by atomic mass is 9.87. The number of hydrogen-bond donors (Lipinski definition) is 0. The summed E-state index contributed by atoms with van der Waals surface area (Å²) >= 11 is 0. The zero-order chi connectivity index (χ0) is 13.3. The molecule has 0 heterocycles. The molecular formula is C18H18O. The molecule has 0 unspecified atom stereocenters. The van der Waals surface area contributed by atoms with Crippen LogP contribution in [0.2, 0.25) is 0 Å². The van der Waals surface area contributed by atoms with E-state index in [9.17, 15) is 4.79 Å². The van der Waals surface area contributed by atoms with E-state index in [0.29, 0.717) is 0 Å². The molecule has 1 nitrogen and oxygen atoms in total. The smallest absolute Gasteiger partial charge is 0.173 e. The van der Waals surface area contributed by atoms with Crippen LogP contribution < -0.4 is 0 Å². The monoisotopic (exact) mass is 250 g/mol. The maximum absolute atomic E-state index is 12.7. The number of benzene rings is 2. The van der Waals surface area contributed by atoms with Crippen molar-refractivity contribution in [2.75, 3.05) is 0 Å². The predicted octanol–water partition coefficient (Wildman–Crippen LogP) is 4.16. The molecule has 2 aromatic rings. The SMILES string of the molecule is CCc1ccc(C(=O)C2(c3ccccc3)CC2)cc1. The number of Topliss-reactive ketones (excluding diaryl/α,β-unsaturated/α-hetero) is 1. The van der Waals surface area contributed by atoms with Gasteiger partial charge in [0, 0.05) is 5.56 Å². The lowest BCUT2D eigenvalue weighted by Crippen LogP contribution is -2.20. The predicted molar refractivity (Wildman–Crippen MR) is 77.5 cm³/mol. The van der Waals surface area contributed by atoms with Crippen LogP contribution in [0.3, 0.4) is 0 Å². The van der Waals surface area contributed by atoms with E-state index in [1.54, 1.807) is 0 Å². The first-order chi connectivity index (χ1) is 9.26. The van der Waals surface area contributed by atoms with E-state index < -0.39 is 0 Å². The molecule has 1 heteroatoms. The zero-order valence-electron chi connectivity index (χ0n) is 11.2. The first-order valence-corrected chi connectivity index (χ1v) is 6.95. The van der Waals surface area contributed by atoms with Gasteiger partial charge in [0.05, 0.1) is 5.41 Å². The van der Waals surface area contributed by atoms with Gasteiger partial charge in [-0.25, -0.2) is 0 Å². The van der Waals surface area contributed by atoms with Gasteiger partial charge in [0.15, 0.2) is 5.78 Å². The van der Waals surface area contributed by atoms with Crippen molar-refractivity contribution < 1.29 is 4.79 Å². The Hall–Kier alpha value is -1.89. The van der Waals surface area contributed by atoms with E-state index in [2.05, 4.69) is 31.2 Å². The zero-order valence-corrected chi connectivity index (χ0v) is 11.2.